The highest BCUT2D eigenvalue weighted by atomic mass is 16.5. The van der Waals surface area contributed by atoms with E-state index in [0.29, 0.717) is 12.0 Å². The zero-order chi connectivity index (χ0) is 9.26. The molecule has 1 aromatic carbocycles. The van der Waals surface area contributed by atoms with Crippen LogP contribution >= 0.6 is 0 Å². The van der Waals surface area contributed by atoms with E-state index in [2.05, 4.69) is 0 Å². The summed E-state index contributed by atoms with van der Waals surface area (Å²) < 4.78 is 0. The van der Waals surface area contributed by atoms with E-state index in [1.165, 1.54) is 0 Å². The van der Waals surface area contributed by atoms with Gasteiger partial charge in [0.05, 0.1) is 0 Å². The fourth-order valence-electron chi connectivity index (χ4n) is 1.50. The number of fused-ring (bicyclic) bond motifs is 1. The largest absolute Gasteiger partial charge is 0.288 e. The summed E-state index contributed by atoms with van der Waals surface area (Å²) in [6.07, 6.45) is 2.39. The Kier molecular flexibility index (Phi) is 1.87. The van der Waals surface area contributed by atoms with Crippen molar-refractivity contribution in [2.75, 3.05) is 0 Å². The molecule has 3 heteroatoms. The van der Waals surface area contributed by atoms with E-state index in [9.17, 15) is 4.79 Å². The van der Waals surface area contributed by atoms with Gasteiger partial charge in [0.2, 0.25) is 0 Å². The Balaban J connectivity index is 2.31. The molecule has 2 rings (SSSR count). The zero-order valence-electron chi connectivity index (χ0n) is 6.95. The van der Waals surface area contributed by atoms with Gasteiger partial charge in [-0.05, 0) is 17.2 Å². The molecule has 1 aromatic rings. The van der Waals surface area contributed by atoms with Crippen molar-refractivity contribution in [3.63, 3.8) is 0 Å². The van der Waals surface area contributed by atoms with Crippen LogP contribution < -0.4 is 5.48 Å². The molecule has 0 bridgehead atoms. The van der Waals surface area contributed by atoms with Gasteiger partial charge >= 0.3 is 0 Å². The number of nitrogens with one attached hydrogen (secondary N) is 1. The van der Waals surface area contributed by atoms with Gasteiger partial charge < -0.3 is 0 Å². The normalized spacial score (nSPS) is 13.5. The average Bonchev–Trinajstić information content (AvgIpc) is 2.59. The van der Waals surface area contributed by atoms with Gasteiger partial charge in [0.25, 0.3) is 5.91 Å². The fourth-order valence-corrected chi connectivity index (χ4v) is 1.50. The third-order valence-corrected chi connectivity index (χ3v) is 2.16. The van der Waals surface area contributed by atoms with Gasteiger partial charge in [-0.2, -0.15) is 0 Å². The molecule has 1 aliphatic rings. The number of hydrogen-bond donors (Lipinski definition) is 2. The number of hydrogen-bond acceptors (Lipinski definition) is 2. The fraction of sp³-hybridized carbons (Fsp3) is 0.100. The van der Waals surface area contributed by atoms with E-state index in [4.69, 9.17) is 5.21 Å². The smallest absolute Gasteiger partial charge is 0.270 e. The molecule has 0 aromatic heterocycles. The summed E-state index contributed by atoms with van der Waals surface area (Å²) in [5.74, 6) is -0.420. The van der Waals surface area contributed by atoms with Crippen LogP contribution in [0.2, 0.25) is 0 Å². The topological polar surface area (TPSA) is 49.3 Å². The number of hydroxylamine groups is 1. The maximum atomic E-state index is 11.1. The predicted molar refractivity (Wildman–Crippen MR) is 48.1 cm³/mol. The lowest BCUT2D eigenvalue weighted by Crippen LogP contribution is -2.20. The Bertz CT molecular complexity index is 382. The average molecular weight is 175 g/mol. The summed E-state index contributed by atoms with van der Waals surface area (Å²) in [5, 5.41) is 8.43. The molecule has 66 valence electrons. The first-order valence-corrected chi connectivity index (χ1v) is 4.04. The molecule has 1 amide bonds. The first-order chi connectivity index (χ1) is 6.31. The molecule has 0 saturated heterocycles. The Morgan fingerprint density at radius 3 is 2.85 bits per heavy atom. The van der Waals surface area contributed by atoms with Crippen molar-refractivity contribution in [2.24, 2.45) is 0 Å². The van der Waals surface area contributed by atoms with Crippen LogP contribution in [0, 0.1) is 0 Å². The second-order valence-corrected chi connectivity index (χ2v) is 2.99. The monoisotopic (exact) mass is 175 g/mol. The van der Waals surface area contributed by atoms with Crippen LogP contribution in [-0.4, -0.2) is 11.1 Å². The van der Waals surface area contributed by atoms with Crippen molar-refractivity contribution >= 4 is 12.0 Å². The Labute approximate surface area is 75.7 Å². The van der Waals surface area contributed by atoms with Gasteiger partial charge in [0.1, 0.15) is 0 Å². The van der Waals surface area contributed by atoms with Gasteiger partial charge in [0.15, 0.2) is 0 Å². The van der Waals surface area contributed by atoms with Crippen molar-refractivity contribution in [3.05, 3.63) is 41.0 Å². The molecule has 2 N–H and O–H groups in total. The lowest BCUT2D eigenvalue weighted by molar-refractivity contribution is -0.125. The van der Waals surface area contributed by atoms with E-state index >= 15 is 0 Å². The molecule has 0 radical (unpaired) electrons. The lowest BCUT2D eigenvalue weighted by Gasteiger charge is -1.97. The van der Waals surface area contributed by atoms with Gasteiger partial charge in [0, 0.05) is 12.0 Å². The van der Waals surface area contributed by atoms with E-state index in [1.54, 1.807) is 11.6 Å². The molecular formula is C10H9NO2. The molecule has 1 aliphatic carbocycles. The number of rotatable bonds is 1. The maximum absolute atomic E-state index is 11.1. The second-order valence-electron chi connectivity index (χ2n) is 2.99. The molecule has 0 saturated carbocycles. The number of carbonyl (C=O) groups excluding carboxylic acids is 1. The summed E-state index contributed by atoms with van der Waals surface area (Å²) in [7, 11) is 0. The Hall–Kier alpha value is -1.61. The van der Waals surface area contributed by atoms with Gasteiger partial charge in [-0.15, -0.1) is 0 Å². The van der Waals surface area contributed by atoms with Crippen molar-refractivity contribution in [1.29, 1.82) is 0 Å². The molecule has 3 nitrogen and oxygen atoms in total. The highest BCUT2D eigenvalue weighted by Gasteiger charge is 2.16. The first kappa shape index (κ1) is 8.01. The predicted octanol–water partition coefficient (Wildman–Crippen LogP) is 1.13. The number of amides is 1. The van der Waals surface area contributed by atoms with Crippen molar-refractivity contribution in [1.82, 2.24) is 5.48 Å². The van der Waals surface area contributed by atoms with E-state index in [1.807, 2.05) is 24.3 Å². The van der Waals surface area contributed by atoms with E-state index in [0.717, 1.165) is 11.1 Å². The quantitative estimate of drug-likeness (QED) is 0.496. The lowest BCUT2D eigenvalue weighted by atomic mass is 10.1. The van der Waals surface area contributed by atoms with Crippen molar-refractivity contribution in [3.8, 4) is 0 Å². The van der Waals surface area contributed by atoms with Crippen LogP contribution in [0.1, 0.15) is 11.1 Å². The third kappa shape index (κ3) is 1.34. The highest BCUT2D eigenvalue weighted by Crippen LogP contribution is 2.24. The van der Waals surface area contributed by atoms with Crippen molar-refractivity contribution in [2.45, 2.75) is 6.42 Å². The van der Waals surface area contributed by atoms with Crippen molar-refractivity contribution < 1.29 is 10.0 Å². The maximum Gasteiger partial charge on any atom is 0.270 e. The first-order valence-electron chi connectivity index (χ1n) is 4.04. The molecular weight excluding hydrogens is 166 g/mol. The standard InChI is InChI=1S/C10H9NO2/c12-10(11-13)9-5-7-3-1-2-4-8(7)6-9/h1-5,13H,6H2,(H,11,12). The summed E-state index contributed by atoms with van der Waals surface area (Å²) in [6, 6.07) is 7.79. The SMILES string of the molecule is O=C(NO)C1=Cc2ccccc2C1. The summed E-state index contributed by atoms with van der Waals surface area (Å²) >= 11 is 0. The molecule has 0 unspecified atom stereocenters. The van der Waals surface area contributed by atoms with Gasteiger partial charge in [-0.3, -0.25) is 10.0 Å². The Morgan fingerprint density at radius 1 is 1.38 bits per heavy atom. The molecule has 0 fully saturated rings. The van der Waals surface area contributed by atoms with Gasteiger partial charge in [-0.1, -0.05) is 24.3 Å². The molecule has 0 aliphatic heterocycles. The highest BCUT2D eigenvalue weighted by molar-refractivity contribution is 5.99. The third-order valence-electron chi connectivity index (χ3n) is 2.16. The minimum Gasteiger partial charge on any atom is -0.288 e. The minimum absolute atomic E-state index is 0.420. The van der Waals surface area contributed by atoms with E-state index < -0.39 is 5.91 Å². The summed E-state index contributed by atoms with van der Waals surface area (Å²) in [4.78, 5) is 11.1. The molecule has 13 heavy (non-hydrogen) atoms. The number of benzene rings is 1. The minimum atomic E-state index is -0.420. The van der Waals surface area contributed by atoms with Crippen LogP contribution in [-0.2, 0) is 11.2 Å². The van der Waals surface area contributed by atoms with Crippen LogP contribution in [0.4, 0.5) is 0 Å². The second kappa shape index (κ2) is 3.03. The molecule has 0 spiro atoms. The van der Waals surface area contributed by atoms with Crippen LogP contribution in [0.5, 0.6) is 0 Å². The van der Waals surface area contributed by atoms with Gasteiger partial charge in [-0.25, -0.2) is 5.48 Å². The molecule has 0 heterocycles. The zero-order valence-corrected chi connectivity index (χ0v) is 6.95. The molecule has 0 atom stereocenters. The van der Waals surface area contributed by atoms with E-state index in [-0.39, 0.29) is 0 Å². The van der Waals surface area contributed by atoms with Crippen LogP contribution in [0.3, 0.4) is 0 Å². The Morgan fingerprint density at radius 2 is 2.15 bits per heavy atom. The summed E-state index contributed by atoms with van der Waals surface area (Å²) in [5.41, 5.74) is 4.42. The van der Waals surface area contributed by atoms with Crippen LogP contribution in [0.25, 0.3) is 6.08 Å². The summed E-state index contributed by atoms with van der Waals surface area (Å²) in [6.45, 7) is 0. The number of carbonyl (C=O) groups is 1. The van der Waals surface area contributed by atoms with Crippen LogP contribution in [0.15, 0.2) is 29.8 Å².